The second kappa shape index (κ2) is 6.67. The Balaban J connectivity index is 2.64. The molecule has 22 heavy (non-hydrogen) atoms. The topological polar surface area (TPSA) is 67.4 Å². The van der Waals surface area contributed by atoms with E-state index in [0.29, 0.717) is 0 Å². The van der Waals surface area contributed by atoms with Crippen molar-refractivity contribution in [2.75, 3.05) is 19.0 Å². The molecule has 0 fully saturated rings. The zero-order valence-electron chi connectivity index (χ0n) is 12.4. The SMILES string of the molecule is COC(=O)C(C)(C)NC(=O)CNc1cccc(C(F)(F)F)c1. The molecule has 5 nitrogen and oxygen atoms in total. The molecule has 1 aromatic carbocycles. The maximum atomic E-state index is 12.6. The molecular formula is C14H17F3N2O3. The number of hydrogen-bond acceptors (Lipinski definition) is 4. The van der Waals surface area contributed by atoms with Gasteiger partial charge in [0.05, 0.1) is 19.2 Å². The molecule has 0 aliphatic carbocycles. The fraction of sp³-hybridized carbons (Fsp3) is 0.429. The molecule has 1 aromatic rings. The summed E-state index contributed by atoms with van der Waals surface area (Å²) in [5.41, 5.74) is -1.88. The molecule has 0 saturated heterocycles. The number of amides is 1. The highest BCUT2D eigenvalue weighted by Crippen LogP contribution is 2.30. The number of carbonyl (C=O) groups is 2. The Morgan fingerprint density at radius 2 is 1.86 bits per heavy atom. The molecule has 122 valence electrons. The number of alkyl halides is 3. The minimum Gasteiger partial charge on any atom is -0.467 e. The van der Waals surface area contributed by atoms with E-state index in [0.717, 1.165) is 12.1 Å². The van der Waals surface area contributed by atoms with Gasteiger partial charge in [-0.15, -0.1) is 0 Å². The van der Waals surface area contributed by atoms with Gasteiger partial charge in [0.1, 0.15) is 5.54 Å². The summed E-state index contributed by atoms with van der Waals surface area (Å²) < 4.78 is 42.2. The number of hydrogen-bond donors (Lipinski definition) is 2. The molecule has 0 spiro atoms. The molecule has 0 aliphatic heterocycles. The summed E-state index contributed by atoms with van der Waals surface area (Å²) in [5.74, 6) is -1.17. The first-order valence-corrected chi connectivity index (χ1v) is 6.37. The normalized spacial score (nSPS) is 11.7. The molecule has 0 atom stereocenters. The Labute approximate surface area is 125 Å². The van der Waals surface area contributed by atoms with Crippen LogP contribution in [-0.4, -0.2) is 31.1 Å². The van der Waals surface area contributed by atoms with E-state index in [4.69, 9.17) is 0 Å². The Morgan fingerprint density at radius 3 is 2.41 bits per heavy atom. The minimum absolute atomic E-state index is 0.154. The molecule has 8 heteroatoms. The van der Waals surface area contributed by atoms with Crippen molar-refractivity contribution in [2.24, 2.45) is 0 Å². The number of halogens is 3. The highest BCUT2D eigenvalue weighted by Gasteiger charge is 2.31. The van der Waals surface area contributed by atoms with Gasteiger partial charge in [-0.25, -0.2) is 4.79 Å². The summed E-state index contributed by atoms with van der Waals surface area (Å²) in [4.78, 5) is 23.1. The standard InChI is InChI=1S/C14H17F3N2O3/c1-13(2,12(21)22-3)19-11(20)8-18-10-6-4-5-9(7-10)14(15,16)17/h4-7,18H,8H2,1-3H3,(H,19,20). The van der Waals surface area contributed by atoms with Crippen LogP contribution in [0.1, 0.15) is 19.4 Å². The third-order valence-electron chi connectivity index (χ3n) is 2.79. The monoisotopic (exact) mass is 318 g/mol. The van der Waals surface area contributed by atoms with Gasteiger partial charge in [-0.3, -0.25) is 4.79 Å². The van der Waals surface area contributed by atoms with Crippen LogP contribution in [0.2, 0.25) is 0 Å². The Bertz CT molecular complexity index is 557. The predicted molar refractivity (Wildman–Crippen MR) is 74.2 cm³/mol. The van der Waals surface area contributed by atoms with E-state index >= 15 is 0 Å². The van der Waals surface area contributed by atoms with Gasteiger partial charge in [0.2, 0.25) is 5.91 Å². The first-order valence-electron chi connectivity index (χ1n) is 6.37. The first kappa shape index (κ1) is 17.8. The van der Waals surface area contributed by atoms with Gasteiger partial charge in [-0.1, -0.05) is 6.07 Å². The Kier molecular flexibility index (Phi) is 5.40. The quantitative estimate of drug-likeness (QED) is 0.817. The molecule has 0 radical (unpaired) electrons. The molecule has 1 rings (SSSR count). The summed E-state index contributed by atoms with van der Waals surface area (Å²) in [5, 5.41) is 5.00. The number of carbonyl (C=O) groups excluding carboxylic acids is 2. The van der Waals surface area contributed by atoms with Crippen molar-refractivity contribution in [3.05, 3.63) is 29.8 Å². The second-order valence-corrected chi connectivity index (χ2v) is 5.10. The minimum atomic E-state index is -4.45. The summed E-state index contributed by atoms with van der Waals surface area (Å²) in [7, 11) is 1.19. The molecule has 0 heterocycles. The maximum absolute atomic E-state index is 12.6. The van der Waals surface area contributed by atoms with Crippen LogP contribution in [0.25, 0.3) is 0 Å². The van der Waals surface area contributed by atoms with Crippen LogP contribution in [0.15, 0.2) is 24.3 Å². The van der Waals surface area contributed by atoms with Crippen LogP contribution < -0.4 is 10.6 Å². The number of benzene rings is 1. The number of esters is 1. The van der Waals surface area contributed by atoms with Crippen LogP contribution in [-0.2, 0) is 20.5 Å². The van der Waals surface area contributed by atoms with E-state index in [1.807, 2.05) is 0 Å². The zero-order valence-corrected chi connectivity index (χ0v) is 12.4. The molecule has 0 unspecified atom stereocenters. The van der Waals surface area contributed by atoms with Crippen LogP contribution in [0.4, 0.5) is 18.9 Å². The number of ether oxygens (including phenoxy) is 1. The van der Waals surface area contributed by atoms with E-state index < -0.39 is 29.2 Å². The second-order valence-electron chi connectivity index (χ2n) is 5.10. The van der Waals surface area contributed by atoms with Crippen LogP contribution in [0, 0.1) is 0 Å². The average Bonchev–Trinajstić information content (AvgIpc) is 2.43. The highest BCUT2D eigenvalue weighted by atomic mass is 19.4. The van der Waals surface area contributed by atoms with Gasteiger partial charge in [0, 0.05) is 5.69 Å². The Morgan fingerprint density at radius 1 is 1.23 bits per heavy atom. The third-order valence-corrected chi connectivity index (χ3v) is 2.79. The van der Waals surface area contributed by atoms with Crippen LogP contribution in [0.3, 0.4) is 0 Å². The summed E-state index contributed by atoms with van der Waals surface area (Å²) in [6.45, 7) is 2.64. The molecule has 2 N–H and O–H groups in total. The average molecular weight is 318 g/mol. The number of rotatable bonds is 5. The summed E-state index contributed by atoms with van der Waals surface area (Å²) in [6.07, 6.45) is -4.45. The van der Waals surface area contributed by atoms with E-state index in [1.165, 1.54) is 33.1 Å². The molecular weight excluding hydrogens is 301 g/mol. The first-order chi connectivity index (χ1) is 10.1. The van der Waals surface area contributed by atoms with Crippen LogP contribution in [0.5, 0.6) is 0 Å². The highest BCUT2D eigenvalue weighted by molar-refractivity contribution is 5.89. The lowest BCUT2D eigenvalue weighted by atomic mass is 10.1. The van der Waals surface area contributed by atoms with E-state index in [2.05, 4.69) is 15.4 Å². The van der Waals surface area contributed by atoms with E-state index in [9.17, 15) is 22.8 Å². The van der Waals surface area contributed by atoms with Crippen molar-refractivity contribution in [1.29, 1.82) is 0 Å². The molecule has 0 aliphatic rings. The van der Waals surface area contributed by atoms with Crippen molar-refractivity contribution >= 4 is 17.6 Å². The van der Waals surface area contributed by atoms with Gasteiger partial charge in [-0.2, -0.15) is 13.2 Å². The van der Waals surface area contributed by atoms with Crippen LogP contribution >= 0.6 is 0 Å². The largest absolute Gasteiger partial charge is 0.467 e. The van der Waals surface area contributed by atoms with Gasteiger partial charge >= 0.3 is 12.1 Å². The lowest BCUT2D eigenvalue weighted by molar-refractivity contribution is -0.149. The van der Waals surface area contributed by atoms with E-state index in [-0.39, 0.29) is 12.2 Å². The van der Waals surface area contributed by atoms with Crippen molar-refractivity contribution in [1.82, 2.24) is 5.32 Å². The van der Waals surface area contributed by atoms with Gasteiger partial charge in [-0.05, 0) is 32.0 Å². The fourth-order valence-electron chi connectivity index (χ4n) is 1.69. The molecule has 1 amide bonds. The Hall–Kier alpha value is -2.25. The number of nitrogens with one attached hydrogen (secondary N) is 2. The summed E-state index contributed by atoms with van der Waals surface area (Å²) in [6, 6.07) is 4.49. The summed E-state index contributed by atoms with van der Waals surface area (Å²) >= 11 is 0. The zero-order chi connectivity index (χ0) is 17.0. The fourth-order valence-corrected chi connectivity index (χ4v) is 1.69. The molecule has 0 saturated carbocycles. The van der Waals surface area contributed by atoms with Gasteiger partial charge < -0.3 is 15.4 Å². The number of anilines is 1. The lowest BCUT2D eigenvalue weighted by Gasteiger charge is -2.23. The predicted octanol–water partition coefficient (Wildman–Crippen LogP) is 2.19. The van der Waals surface area contributed by atoms with Crippen molar-refractivity contribution in [2.45, 2.75) is 25.6 Å². The van der Waals surface area contributed by atoms with E-state index in [1.54, 1.807) is 0 Å². The van der Waals surface area contributed by atoms with Gasteiger partial charge in [0.25, 0.3) is 0 Å². The maximum Gasteiger partial charge on any atom is 0.416 e. The van der Waals surface area contributed by atoms with Crippen molar-refractivity contribution in [3.8, 4) is 0 Å². The smallest absolute Gasteiger partial charge is 0.416 e. The third kappa shape index (κ3) is 4.94. The van der Waals surface area contributed by atoms with Gasteiger partial charge in [0.15, 0.2) is 0 Å². The lowest BCUT2D eigenvalue weighted by Crippen LogP contribution is -2.51. The van der Waals surface area contributed by atoms with Crippen molar-refractivity contribution < 1.29 is 27.5 Å². The molecule has 0 bridgehead atoms. The van der Waals surface area contributed by atoms with Crippen molar-refractivity contribution in [3.63, 3.8) is 0 Å². The molecule has 0 aromatic heterocycles. The number of methoxy groups -OCH3 is 1.